The number of benzene rings is 6. The first kappa shape index (κ1) is 53.6. The van der Waals surface area contributed by atoms with Crippen molar-refractivity contribution in [3.8, 4) is 0 Å². The normalized spacial score (nSPS) is 16.5. The van der Waals surface area contributed by atoms with Gasteiger partial charge in [-0.25, -0.2) is 9.98 Å². The van der Waals surface area contributed by atoms with E-state index < -0.39 is 68.3 Å². The van der Waals surface area contributed by atoms with Crippen molar-refractivity contribution >= 4 is 89.2 Å². The molecular formula is C70H44N2O12S2. The molecular weight excluding hydrogens is 1120 g/mol. The first-order valence-electron chi connectivity index (χ1n) is 27.5. The van der Waals surface area contributed by atoms with Crippen LogP contribution in [0.2, 0.25) is 0 Å². The lowest BCUT2D eigenvalue weighted by molar-refractivity contribution is -0.166. The van der Waals surface area contributed by atoms with Crippen molar-refractivity contribution < 1.29 is 38.1 Å². The van der Waals surface area contributed by atoms with Crippen LogP contribution >= 0.6 is 22.7 Å². The van der Waals surface area contributed by atoms with Gasteiger partial charge in [0, 0.05) is 54.3 Å². The molecule has 8 aromatic carbocycles. The highest BCUT2D eigenvalue weighted by atomic mass is 32.1. The Labute approximate surface area is 496 Å². The number of allylic oxidation sites excluding steroid dienone is 6. The number of rotatable bonds is 14. The number of carbonyl (C=O) groups is 4. The van der Waals surface area contributed by atoms with Crippen LogP contribution in [0.4, 0.5) is 10.0 Å². The summed E-state index contributed by atoms with van der Waals surface area (Å²) in [5.74, 6) is -5.26. The highest BCUT2D eigenvalue weighted by Gasteiger charge is 2.64. The minimum absolute atomic E-state index is 0.146. The second-order valence-electron chi connectivity index (χ2n) is 21.2. The summed E-state index contributed by atoms with van der Waals surface area (Å²) in [5.41, 5.74) is -2.79. The largest absolute Gasteiger partial charge is 0.459 e. The predicted molar refractivity (Wildman–Crippen MR) is 324 cm³/mol. The van der Waals surface area contributed by atoms with Crippen molar-refractivity contribution in [1.29, 1.82) is 0 Å². The van der Waals surface area contributed by atoms with E-state index >= 15 is 19.2 Å². The van der Waals surface area contributed by atoms with Gasteiger partial charge in [-0.05, 0) is 56.7 Å². The van der Waals surface area contributed by atoms with E-state index in [4.69, 9.17) is 18.9 Å². The smallest absolute Gasteiger partial charge is 0.333 e. The topological polar surface area (TPSA) is 198 Å². The second kappa shape index (κ2) is 21.3. The number of fused-ring (bicyclic) bond motifs is 9. The summed E-state index contributed by atoms with van der Waals surface area (Å²) < 4.78 is 24.8. The van der Waals surface area contributed by atoms with E-state index in [2.05, 4.69) is 9.98 Å². The maximum atomic E-state index is 15.6. The molecule has 0 amide bonds. The minimum atomic E-state index is -2.32. The molecule has 86 heavy (non-hydrogen) atoms. The van der Waals surface area contributed by atoms with Crippen molar-refractivity contribution in [1.82, 2.24) is 0 Å². The summed E-state index contributed by atoms with van der Waals surface area (Å²) in [6.45, 7) is -0.898. The van der Waals surface area contributed by atoms with Gasteiger partial charge in [0.05, 0.1) is 0 Å². The lowest BCUT2D eigenvalue weighted by Crippen LogP contribution is -2.47. The molecule has 2 aromatic heterocycles. The molecule has 0 spiro atoms. The first-order valence-corrected chi connectivity index (χ1v) is 29.1. The lowest BCUT2D eigenvalue weighted by atomic mass is 9.68. The van der Waals surface area contributed by atoms with Crippen LogP contribution in [0.25, 0.3) is 32.7 Å². The van der Waals surface area contributed by atoms with Crippen LogP contribution in [0.15, 0.2) is 247 Å². The number of carbonyl (C=O) groups excluding carboxylic acids is 4. The summed E-state index contributed by atoms with van der Waals surface area (Å²) in [7, 11) is 0. The molecule has 2 unspecified atom stereocenters. The third kappa shape index (κ3) is 8.66. The summed E-state index contributed by atoms with van der Waals surface area (Å²) in [6.07, 6.45) is 7.32. The molecule has 0 radical (unpaired) electrons. The quantitative estimate of drug-likeness (QED) is 0.0568. The summed E-state index contributed by atoms with van der Waals surface area (Å²) in [4.78, 5) is 128. The Morgan fingerprint density at radius 1 is 0.372 bits per heavy atom. The first-order chi connectivity index (χ1) is 41.9. The molecule has 0 saturated carbocycles. The van der Waals surface area contributed by atoms with Crippen molar-refractivity contribution in [3.63, 3.8) is 0 Å². The molecule has 4 aliphatic rings. The van der Waals surface area contributed by atoms with E-state index in [1.165, 1.54) is 12.1 Å². The van der Waals surface area contributed by atoms with Crippen LogP contribution in [-0.2, 0) is 75.4 Å². The van der Waals surface area contributed by atoms with E-state index in [0.29, 0.717) is 43.2 Å². The fraction of sp³-hybridized carbons (Fsp3) is 0.114. The summed E-state index contributed by atoms with van der Waals surface area (Å²) in [5, 5.41) is 0.435. The zero-order valence-electron chi connectivity index (χ0n) is 45.2. The van der Waals surface area contributed by atoms with E-state index in [1.807, 2.05) is 36.4 Å². The van der Waals surface area contributed by atoms with E-state index in [0.717, 1.165) is 22.7 Å². The third-order valence-corrected chi connectivity index (χ3v) is 18.3. The number of nitrogens with zero attached hydrogens (tertiary/aromatic N) is 2. The van der Waals surface area contributed by atoms with Crippen LogP contribution < -0.4 is 32.4 Å². The Morgan fingerprint density at radius 3 is 0.919 bits per heavy atom. The Morgan fingerprint density at radius 2 is 0.640 bits per heavy atom. The fourth-order valence-electron chi connectivity index (χ4n) is 12.1. The number of esters is 4. The zero-order chi connectivity index (χ0) is 58.8. The lowest BCUT2D eigenvalue weighted by Gasteiger charge is -2.35. The van der Waals surface area contributed by atoms with Gasteiger partial charge in [0.1, 0.15) is 36.4 Å². The molecule has 0 fully saturated rings. The van der Waals surface area contributed by atoms with Gasteiger partial charge in [0.15, 0.2) is 10.7 Å². The van der Waals surface area contributed by atoms with Crippen molar-refractivity contribution in [2.24, 2.45) is 21.8 Å². The van der Waals surface area contributed by atoms with Gasteiger partial charge in [-0.15, -0.1) is 22.7 Å². The van der Waals surface area contributed by atoms with E-state index in [-0.39, 0.29) is 91.0 Å². The van der Waals surface area contributed by atoms with Crippen LogP contribution in [0.5, 0.6) is 0 Å². The van der Waals surface area contributed by atoms with Crippen LogP contribution in [0.1, 0.15) is 43.1 Å². The molecule has 10 aromatic rings. The molecule has 0 saturated heterocycles. The molecule has 4 aliphatic carbocycles. The molecule has 0 aliphatic heterocycles. The molecule has 418 valence electrons. The third-order valence-electron chi connectivity index (χ3n) is 16.2. The van der Waals surface area contributed by atoms with Gasteiger partial charge in [-0.2, -0.15) is 0 Å². The van der Waals surface area contributed by atoms with Crippen LogP contribution in [0, 0.1) is 11.8 Å². The van der Waals surface area contributed by atoms with Crippen LogP contribution in [-0.4, -0.2) is 23.9 Å². The van der Waals surface area contributed by atoms with Gasteiger partial charge in [0.2, 0.25) is 32.5 Å². The average Bonchev–Trinajstić information content (AvgIpc) is 1.71. The van der Waals surface area contributed by atoms with Crippen LogP contribution in [0.3, 0.4) is 0 Å². The molecule has 16 heteroatoms. The molecule has 0 N–H and O–H groups in total. The van der Waals surface area contributed by atoms with Crippen molar-refractivity contribution in [3.05, 3.63) is 312 Å². The van der Waals surface area contributed by atoms with Gasteiger partial charge in [-0.3, -0.25) is 38.4 Å². The molecule has 2 heterocycles. The van der Waals surface area contributed by atoms with E-state index in [1.54, 1.807) is 158 Å². The summed E-state index contributed by atoms with van der Waals surface area (Å²) in [6, 6.07) is 51.8. The zero-order valence-corrected chi connectivity index (χ0v) is 46.9. The van der Waals surface area contributed by atoms with Gasteiger partial charge >= 0.3 is 23.9 Å². The summed E-state index contributed by atoms with van der Waals surface area (Å²) >= 11 is 2.13. The molecule has 14 rings (SSSR count). The maximum Gasteiger partial charge on any atom is 0.333 e. The Bertz CT molecular complexity index is 4440. The number of ether oxygens (including phenoxy) is 4. The number of hydrogen-bond donors (Lipinski definition) is 0. The highest BCUT2D eigenvalue weighted by Crippen LogP contribution is 2.63. The molecule has 0 bridgehead atoms. The van der Waals surface area contributed by atoms with Gasteiger partial charge in [0.25, 0.3) is 0 Å². The minimum Gasteiger partial charge on any atom is -0.459 e. The predicted octanol–water partition coefficient (Wildman–Crippen LogP) is 9.83. The average molecular weight is 1170 g/mol. The standard InChI is InChI=1S/C70H44N2O12S2/c73-59-45-25-13-14-26-46(45)60(74)57(59)71-55-33-53-63(85-55)49-29-44-32-52-50(30-43(44)31-51(49)69(53,65(77)81-35-39-17-5-1-6-18-39)66(78)82-36-40-19-7-2-8-20-40)64-54(34-56(86-64)72-58-61(75)47-27-15-16-28-48(47)62(58)76)70(52,67(79)83-37-41-21-9-3-10-22-41)68(80)84-38-42-23-11-4-12-24-42/h1-34,43-44H,35-38H2. The molecule has 14 nitrogen and oxygen atoms in total. The van der Waals surface area contributed by atoms with Crippen molar-refractivity contribution in [2.45, 2.75) is 37.3 Å². The second-order valence-corrected chi connectivity index (χ2v) is 23.3. The monoisotopic (exact) mass is 1170 g/mol. The Balaban J connectivity index is 0.974. The van der Waals surface area contributed by atoms with E-state index in [9.17, 15) is 19.2 Å². The highest BCUT2D eigenvalue weighted by molar-refractivity contribution is 7.17. The Kier molecular flexibility index (Phi) is 13.3. The molecule has 2 atom stereocenters. The maximum absolute atomic E-state index is 15.6. The number of hydrogen-bond acceptors (Lipinski definition) is 16. The van der Waals surface area contributed by atoms with Gasteiger partial charge < -0.3 is 18.9 Å². The fourth-order valence-corrected chi connectivity index (χ4v) is 14.4. The van der Waals surface area contributed by atoms with Gasteiger partial charge in [-0.1, -0.05) is 194 Å². The SMILES string of the molecule is O=C(OCc1ccccc1)C1(C(=O)OCc2ccccc2)C2=CC3C=C4C(=CC3C=C2c2sc(N=c3c(=O)c5ccccc5c3=O)cc21)C(C(=O)OCc1ccccc1)(C(=O)OCc1ccccc1)c1cc(N=c2c(=O)c3ccccc3c2=O)sc14. The van der Waals surface area contributed by atoms with Crippen molar-refractivity contribution in [2.75, 3.05) is 0 Å². The Hall–Kier alpha value is -10.4. The number of thiophene rings is 2.